The maximum absolute atomic E-state index is 11.3. The third-order valence-corrected chi connectivity index (χ3v) is 3.20. The van der Waals surface area contributed by atoms with Crippen LogP contribution in [0, 0.1) is 0 Å². The van der Waals surface area contributed by atoms with E-state index in [0.29, 0.717) is 31.8 Å². The van der Waals surface area contributed by atoms with Crippen molar-refractivity contribution in [1.82, 2.24) is 0 Å². The molecule has 4 nitrogen and oxygen atoms in total. The molecule has 1 aliphatic heterocycles. The van der Waals surface area contributed by atoms with Gasteiger partial charge in [0.15, 0.2) is 0 Å². The van der Waals surface area contributed by atoms with Crippen molar-refractivity contribution in [3.8, 4) is 11.5 Å². The van der Waals surface area contributed by atoms with Crippen LogP contribution >= 0.6 is 0 Å². The lowest BCUT2D eigenvalue weighted by molar-refractivity contribution is -0.119. The number of hydrogen-bond acceptors (Lipinski definition) is 4. The van der Waals surface area contributed by atoms with Crippen molar-refractivity contribution in [2.75, 3.05) is 31.2 Å². The van der Waals surface area contributed by atoms with Crippen LogP contribution in [0.15, 0.2) is 18.2 Å². The predicted octanol–water partition coefficient (Wildman–Crippen LogP) is 2.65. The summed E-state index contributed by atoms with van der Waals surface area (Å²) in [6, 6.07) is 5.87. The van der Waals surface area contributed by atoms with Gasteiger partial charge in [-0.25, -0.2) is 0 Å². The lowest BCUT2D eigenvalue weighted by Crippen LogP contribution is -2.34. The van der Waals surface area contributed by atoms with E-state index in [1.54, 1.807) is 0 Å². The number of ether oxygens (including phenoxy) is 2. The predicted molar refractivity (Wildman–Crippen MR) is 75.2 cm³/mol. The molecule has 1 aromatic rings. The van der Waals surface area contributed by atoms with E-state index in [1.165, 1.54) is 0 Å². The topological polar surface area (TPSA) is 38.8 Å². The molecule has 1 aliphatic rings. The molecule has 1 aromatic carbocycles. The normalized spacial score (nSPS) is 15.5. The fourth-order valence-electron chi connectivity index (χ4n) is 2.28. The van der Waals surface area contributed by atoms with Crippen molar-refractivity contribution in [1.29, 1.82) is 0 Å². The highest BCUT2D eigenvalue weighted by molar-refractivity contribution is 5.81. The molecule has 0 spiro atoms. The lowest BCUT2D eigenvalue weighted by atomic mass is 10.1. The van der Waals surface area contributed by atoms with Crippen molar-refractivity contribution in [3.63, 3.8) is 0 Å². The van der Waals surface area contributed by atoms with Crippen LogP contribution in [0.25, 0.3) is 0 Å². The molecule has 0 N–H and O–H groups in total. The number of piperidine rings is 1. The van der Waals surface area contributed by atoms with Gasteiger partial charge < -0.3 is 14.4 Å². The van der Waals surface area contributed by atoms with E-state index in [0.717, 1.165) is 30.3 Å². The van der Waals surface area contributed by atoms with Crippen LogP contribution in [0.1, 0.15) is 26.7 Å². The summed E-state index contributed by atoms with van der Waals surface area (Å²) in [4.78, 5) is 13.5. The number of rotatable bonds is 5. The third-order valence-electron chi connectivity index (χ3n) is 3.20. The first-order valence-electron chi connectivity index (χ1n) is 6.91. The minimum Gasteiger partial charge on any atom is -0.494 e. The van der Waals surface area contributed by atoms with Crippen molar-refractivity contribution in [3.05, 3.63) is 18.2 Å². The molecule has 0 radical (unpaired) electrons. The summed E-state index contributed by atoms with van der Waals surface area (Å²) in [5, 5.41) is 0. The molecule has 1 heterocycles. The Balaban J connectivity index is 2.23. The Morgan fingerprint density at radius 2 is 1.79 bits per heavy atom. The number of anilines is 1. The number of nitrogens with zero attached hydrogens (tertiary/aromatic N) is 1. The van der Waals surface area contributed by atoms with Gasteiger partial charge in [-0.05, 0) is 26.0 Å². The molecule has 0 aromatic heterocycles. The van der Waals surface area contributed by atoms with E-state index < -0.39 is 0 Å². The Labute approximate surface area is 114 Å². The zero-order valence-corrected chi connectivity index (χ0v) is 11.6. The number of benzene rings is 1. The second kappa shape index (κ2) is 6.45. The van der Waals surface area contributed by atoms with E-state index in [-0.39, 0.29) is 0 Å². The molecule has 2 rings (SSSR count). The van der Waals surface area contributed by atoms with E-state index in [1.807, 2.05) is 32.0 Å². The Morgan fingerprint density at radius 3 is 2.42 bits per heavy atom. The highest BCUT2D eigenvalue weighted by atomic mass is 16.5. The maximum atomic E-state index is 11.3. The Morgan fingerprint density at radius 1 is 1.11 bits per heavy atom. The summed E-state index contributed by atoms with van der Waals surface area (Å²) < 4.78 is 11.2. The zero-order chi connectivity index (χ0) is 13.7. The van der Waals surface area contributed by atoms with E-state index >= 15 is 0 Å². The number of Topliss-reactive ketones (excluding diaryl/α,β-unsaturated/α-hetero) is 1. The standard InChI is InChI=1S/C15H21NO3/c1-3-18-13-5-6-15(19-4-2)14(11-13)16-9-7-12(17)8-10-16/h5-6,11H,3-4,7-10H2,1-2H3. The molecule has 19 heavy (non-hydrogen) atoms. The van der Waals surface area contributed by atoms with Crippen LogP contribution in [0.3, 0.4) is 0 Å². The first-order chi connectivity index (χ1) is 9.24. The molecule has 0 unspecified atom stereocenters. The van der Waals surface area contributed by atoms with Crippen LogP contribution in [-0.4, -0.2) is 32.1 Å². The fraction of sp³-hybridized carbons (Fsp3) is 0.533. The second-order valence-corrected chi connectivity index (χ2v) is 4.52. The monoisotopic (exact) mass is 263 g/mol. The van der Waals surface area contributed by atoms with Crippen molar-refractivity contribution in [2.45, 2.75) is 26.7 Å². The van der Waals surface area contributed by atoms with Gasteiger partial charge in [0.25, 0.3) is 0 Å². The molecule has 0 amide bonds. The summed E-state index contributed by atoms with van der Waals surface area (Å²) >= 11 is 0. The minimum absolute atomic E-state index is 0.343. The average Bonchev–Trinajstić information content (AvgIpc) is 2.42. The Kier molecular flexibility index (Phi) is 4.66. The molecule has 1 saturated heterocycles. The SMILES string of the molecule is CCOc1ccc(OCC)c(N2CCC(=O)CC2)c1. The van der Waals surface area contributed by atoms with Gasteiger partial charge in [0.1, 0.15) is 17.3 Å². The van der Waals surface area contributed by atoms with Crippen LogP contribution in [-0.2, 0) is 4.79 Å². The Hall–Kier alpha value is -1.71. The van der Waals surface area contributed by atoms with Gasteiger partial charge in [-0.1, -0.05) is 0 Å². The van der Waals surface area contributed by atoms with Gasteiger partial charge in [-0.15, -0.1) is 0 Å². The van der Waals surface area contributed by atoms with Crippen molar-refractivity contribution < 1.29 is 14.3 Å². The maximum Gasteiger partial charge on any atom is 0.142 e. The molecular formula is C15H21NO3. The second-order valence-electron chi connectivity index (χ2n) is 4.52. The number of carbonyl (C=O) groups is 1. The highest BCUT2D eigenvalue weighted by Gasteiger charge is 2.20. The first kappa shape index (κ1) is 13.7. The quantitative estimate of drug-likeness (QED) is 0.818. The van der Waals surface area contributed by atoms with Crippen LogP contribution < -0.4 is 14.4 Å². The van der Waals surface area contributed by atoms with Gasteiger partial charge in [0.05, 0.1) is 18.9 Å². The molecule has 1 fully saturated rings. The molecule has 0 atom stereocenters. The van der Waals surface area contributed by atoms with Gasteiger partial charge >= 0.3 is 0 Å². The lowest BCUT2D eigenvalue weighted by Gasteiger charge is -2.30. The van der Waals surface area contributed by atoms with Crippen molar-refractivity contribution >= 4 is 11.5 Å². The van der Waals surface area contributed by atoms with Crippen LogP contribution in [0.4, 0.5) is 5.69 Å². The van der Waals surface area contributed by atoms with Crippen LogP contribution in [0.5, 0.6) is 11.5 Å². The summed E-state index contributed by atoms with van der Waals surface area (Å²) in [6.45, 7) is 6.73. The molecule has 104 valence electrons. The molecule has 0 aliphatic carbocycles. The number of hydrogen-bond donors (Lipinski definition) is 0. The smallest absolute Gasteiger partial charge is 0.142 e. The summed E-state index contributed by atoms with van der Waals surface area (Å²) in [7, 11) is 0. The molecular weight excluding hydrogens is 242 g/mol. The summed E-state index contributed by atoms with van der Waals surface area (Å²) in [5.41, 5.74) is 1.03. The average molecular weight is 263 g/mol. The molecule has 0 saturated carbocycles. The molecule has 4 heteroatoms. The largest absolute Gasteiger partial charge is 0.494 e. The zero-order valence-electron chi connectivity index (χ0n) is 11.6. The van der Waals surface area contributed by atoms with E-state index in [2.05, 4.69) is 4.90 Å². The van der Waals surface area contributed by atoms with Gasteiger partial charge in [0.2, 0.25) is 0 Å². The van der Waals surface area contributed by atoms with E-state index in [9.17, 15) is 4.79 Å². The molecule has 0 bridgehead atoms. The summed E-state index contributed by atoms with van der Waals surface area (Å²) in [6.07, 6.45) is 1.23. The van der Waals surface area contributed by atoms with Crippen LogP contribution in [0.2, 0.25) is 0 Å². The fourth-order valence-corrected chi connectivity index (χ4v) is 2.28. The summed E-state index contributed by atoms with van der Waals surface area (Å²) in [5.74, 6) is 2.05. The van der Waals surface area contributed by atoms with Gasteiger partial charge in [-0.2, -0.15) is 0 Å². The highest BCUT2D eigenvalue weighted by Crippen LogP contribution is 2.33. The van der Waals surface area contributed by atoms with Crippen molar-refractivity contribution in [2.24, 2.45) is 0 Å². The third kappa shape index (κ3) is 3.40. The number of carbonyl (C=O) groups excluding carboxylic acids is 1. The Bertz CT molecular complexity index is 435. The first-order valence-corrected chi connectivity index (χ1v) is 6.91. The van der Waals surface area contributed by atoms with Gasteiger partial charge in [0, 0.05) is 32.0 Å². The minimum atomic E-state index is 0.343. The van der Waals surface area contributed by atoms with Gasteiger partial charge in [-0.3, -0.25) is 4.79 Å². The van der Waals surface area contributed by atoms with E-state index in [4.69, 9.17) is 9.47 Å². The number of ketones is 1.